The highest BCUT2D eigenvalue weighted by molar-refractivity contribution is 5.94. The van der Waals surface area contributed by atoms with Gasteiger partial charge in [-0.15, -0.1) is 13.2 Å². The third-order valence-electron chi connectivity index (χ3n) is 2.62. The van der Waals surface area contributed by atoms with E-state index in [2.05, 4.69) is 13.2 Å². The minimum absolute atomic E-state index is 0.00546. The number of hydrogen-bond acceptors (Lipinski definition) is 2. The zero-order valence-corrected chi connectivity index (χ0v) is 10.6. The molecule has 0 bridgehead atoms. The van der Waals surface area contributed by atoms with Crippen molar-refractivity contribution in [2.45, 2.75) is 6.42 Å². The van der Waals surface area contributed by atoms with E-state index in [0.717, 1.165) is 12.0 Å². The first-order chi connectivity index (χ1) is 8.72. The quantitative estimate of drug-likeness (QED) is 0.746. The topological polar surface area (TPSA) is 46.3 Å². The second-order valence-electron chi connectivity index (χ2n) is 4.02. The van der Waals surface area contributed by atoms with Gasteiger partial charge in [-0.05, 0) is 30.7 Å². The van der Waals surface area contributed by atoms with Crippen LogP contribution in [0, 0.1) is 0 Å². The molecule has 2 N–H and O–H groups in total. The molecule has 1 rings (SSSR count). The van der Waals surface area contributed by atoms with Crippen LogP contribution < -0.4 is 5.73 Å². The average Bonchev–Trinajstić information content (AvgIpc) is 2.39. The summed E-state index contributed by atoms with van der Waals surface area (Å²) < 4.78 is 0. The second-order valence-corrected chi connectivity index (χ2v) is 4.02. The molecule has 0 saturated heterocycles. The molecular formula is C15H20N2O. The number of rotatable bonds is 7. The Morgan fingerprint density at radius 2 is 1.72 bits per heavy atom. The summed E-state index contributed by atoms with van der Waals surface area (Å²) >= 11 is 0. The summed E-state index contributed by atoms with van der Waals surface area (Å²) in [5.74, 6) is -0.00546. The molecule has 0 saturated carbocycles. The van der Waals surface area contributed by atoms with Crippen molar-refractivity contribution in [3.05, 3.63) is 60.7 Å². The molecule has 18 heavy (non-hydrogen) atoms. The minimum Gasteiger partial charge on any atom is -0.331 e. The van der Waals surface area contributed by atoms with E-state index < -0.39 is 0 Å². The second kappa shape index (κ2) is 7.45. The lowest BCUT2D eigenvalue weighted by atomic mass is 10.1. The Morgan fingerprint density at radius 3 is 2.17 bits per heavy atom. The zero-order valence-electron chi connectivity index (χ0n) is 10.6. The van der Waals surface area contributed by atoms with E-state index in [-0.39, 0.29) is 5.91 Å². The maximum atomic E-state index is 12.2. The Kier molecular flexibility index (Phi) is 5.88. The van der Waals surface area contributed by atoms with Crippen molar-refractivity contribution in [1.29, 1.82) is 0 Å². The molecule has 0 heterocycles. The summed E-state index contributed by atoms with van der Waals surface area (Å²) in [5, 5.41) is 0. The lowest BCUT2D eigenvalue weighted by Crippen LogP contribution is -2.31. The van der Waals surface area contributed by atoms with Crippen LogP contribution in [-0.4, -0.2) is 30.4 Å². The Labute approximate surface area is 109 Å². The third kappa shape index (κ3) is 3.86. The van der Waals surface area contributed by atoms with Crippen LogP contribution in [0.4, 0.5) is 0 Å². The molecule has 0 unspecified atom stereocenters. The van der Waals surface area contributed by atoms with Crippen LogP contribution in [0.1, 0.15) is 15.9 Å². The molecule has 1 aromatic rings. The molecule has 0 aliphatic heterocycles. The summed E-state index contributed by atoms with van der Waals surface area (Å²) in [5.41, 5.74) is 7.31. The van der Waals surface area contributed by atoms with Gasteiger partial charge in [-0.2, -0.15) is 0 Å². The Bertz CT molecular complexity index is 399. The predicted molar refractivity (Wildman–Crippen MR) is 75.5 cm³/mol. The van der Waals surface area contributed by atoms with Gasteiger partial charge in [0, 0.05) is 18.7 Å². The smallest absolute Gasteiger partial charge is 0.254 e. The average molecular weight is 244 g/mol. The van der Waals surface area contributed by atoms with Crippen molar-refractivity contribution in [3.8, 4) is 0 Å². The lowest BCUT2D eigenvalue weighted by Gasteiger charge is -2.19. The first-order valence-corrected chi connectivity index (χ1v) is 6.03. The summed E-state index contributed by atoms with van der Waals surface area (Å²) in [6.45, 7) is 8.97. The fraction of sp³-hybridized carbons (Fsp3) is 0.267. The zero-order chi connectivity index (χ0) is 13.4. The molecule has 3 nitrogen and oxygen atoms in total. The van der Waals surface area contributed by atoms with Crippen molar-refractivity contribution >= 4 is 5.91 Å². The number of carbonyl (C=O) groups excluding carboxylic acids is 1. The first-order valence-electron chi connectivity index (χ1n) is 6.03. The predicted octanol–water partition coefficient (Wildman–Crippen LogP) is 2.00. The van der Waals surface area contributed by atoms with Crippen molar-refractivity contribution in [2.75, 3.05) is 19.6 Å². The van der Waals surface area contributed by atoms with Crippen LogP contribution >= 0.6 is 0 Å². The Balaban J connectivity index is 2.80. The lowest BCUT2D eigenvalue weighted by molar-refractivity contribution is 0.0791. The normalized spacial score (nSPS) is 9.83. The first kappa shape index (κ1) is 14.2. The Hall–Kier alpha value is -1.87. The van der Waals surface area contributed by atoms with Gasteiger partial charge in [0.05, 0.1) is 0 Å². The van der Waals surface area contributed by atoms with Gasteiger partial charge >= 0.3 is 0 Å². The number of benzene rings is 1. The van der Waals surface area contributed by atoms with Gasteiger partial charge in [-0.1, -0.05) is 24.3 Å². The maximum Gasteiger partial charge on any atom is 0.254 e. The third-order valence-corrected chi connectivity index (χ3v) is 2.62. The fourth-order valence-corrected chi connectivity index (χ4v) is 1.72. The Morgan fingerprint density at radius 1 is 1.17 bits per heavy atom. The molecule has 0 aliphatic carbocycles. The van der Waals surface area contributed by atoms with E-state index in [1.807, 2.05) is 24.3 Å². The SMILES string of the molecule is C=CCN(CC=C)C(=O)c1ccc(CCN)cc1. The molecule has 0 spiro atoms. The highest BCUT2D eigenvalue weighted by Gasteiger charge is 2.12. The van der Waals surface area contributed by atoms with Crippen LogP contribution in [0.2, 0.25) is 0 Å². The van der Waals surface area contributed by atoms with Crippen LogP contribution in [0.25, 0.3) is 0 Å². The van der Waals surface area contributed by atoms with Crippen LogP contribution in [0.5, 0.6) is 0 Å². The number of nitrogens with two attached hydrogens (primary N) is 1. The van der Waals surface area contributed by atoms with Gasteiger partial charge in [0.2, 0.25) is 0 Å². The maximum absolute atomic E-state index is 12.2. The number of hydrogen-bond donors (Lipinski definition) is 1. The fourth-order valence-electron chi connectivity index (χ4n) is 1.72. The molecule has 0 fully saturated rings. The number of carbonyl (C=O) groups is 1. The van der Waals surface area contributed by atoms with Gasteiger partial charge in [-0.3, -0.25) is 4.79 Å². The molecule has 0 radical (unpaired) electrons. The molecule has 0 atom stereocenters. The summed E-state index contributed by atoms with van der Waals surface area (Å²) in [6.07, 6.45) is 4.26. The van der Waals surface area contributed by atoms with Gasteiger partial charge in [0.15, 0.2) is 0 Å². The van der Waals surface area contributed by atoms with Gasteiger partial charge in [0.1, 0.15) is 0 Å². The molecule has 0 aliphatic rings. The van der Waals surface area contributed by atoms with E-state index >= 15 is 0 Å². The van der Waals surface area contributed by atoms with E-state index in [1.54, 1.807) is 17.1 Å². The van der Waals surface area contributed by atoms with Gasteiger partial charge in [-0.25, -0.2) is 0 Å². The van der Waals surface area contributed by atoms with E-state index in [4.69, 9.17) is 5.73 Å². The van der Waals surface area contributed by atoms with Crippen LogP contribution in [0.3, 0.4) is 0 Å². The van der Waals surface area contributed by atoms with Gasteiger partial charge < -0.3 is 10.6 Å². The van der Waals surface area contributed by atoms with E-state index in [9.17, 15) is 4.79 Å². The molecule has 0 aromatic heterocycles. The van der Waals surface area contributed by atoms with Crippen molar-refractivity contribution in [2.24, 2.45) is 5.73 Å². The molecular weight excluding hydrogens is 224 g/mol. The molecule has 96 valence electrons. The minimum atomic E-state index is -0.00546. The number of amides is 1. The van der Waals surface area contributed by atoms with Crippen molar-refractivity contribution < 1.29 is 4.79 Å². The van der Waals surface area contributed by atoms with E-state index in [1.165, 1.54) is 0 Å². The monoisotopic (exact) mass is 244 g/mol. The van der Waals surface area contributed by atoms with Gasteiger partial charge in [0.25, 0.3) is 5.91 Å². The van der Waals surface area contributed by atoms with E-state index in [0.29, 0.717) is 25.2 Å². The van der Waals surface area contributed by atoms with Crippen LogP contribution in [-0.2, 0) is 6.42 Å². The highest BCUT2D eigenvalue weighted by Crippen LogP contribution is 2.08. The molecule has 3 heteroatoms. The summed E-state index contributed by atoms with van der Waals surface area (Å²) in [6, 6.07) is 7.57. The summed E-state index contributed by atoms with van der Waals surface area (Å²) in [7, 11) is 0. The van der Waals surface area contributed by atoms with Crippen molar-refractivity contribution in [3.63, 3.8) is 0 Å². The van der Waals surface area contributed by atoms with Crippen LogP contribution in [0.15, 0.2) is 49.6 Å². The van der Waals surface area contributed by atoms with Crippen molar-refractivity contribution in [1.82, 2.24) is 4.90 Å². The number of nitrogens with zero attached hydrogens (tertiary/aromatic N) is 1. The summed E-state index contributed by atoms with van der Waals surface area (Å²) in [4.78, 5) is 13.9. The highest BCUT2D eigenvalue weighted by atomic mass is 16.2. The largest absolute Gasteiger partial charge is 0.331 e. The standard InChI is InChI=1S/C15H20N2O/c1-3-11-17(12-4-2)15(18)14-7-5-13(6-8-14)9-10-16/h3-8H,1-2,9-12,16H2. The molecule has 1 aromatic carbocycles. The molecule has 1 amide bonds.